The van der Waals surface area contributed by atoms with Crippen LogP contribution in [-0.2, 0) is 14.6 Å². The van der Waals surface area contributed by atoms with Crippen molar-refractivity contribution in [2.45, 2.75) is 37.3 Å². The number of aromatic nitrogens is 1. The van der Waals surface area contributed by atoms with Gasteiger partial charge in [-0.05, 0) is 25.0 Å². The number of carbonyl (C=O) groups excluding carboxylic acids is 1. The summed E-state index contributed by atoms with van der Waals surface area (Å²) in [5.41, 5.74) is 0.912. The van der Waals surface area contributed by atoms with Crippen LogP contribution in [0.5, 0.6) is 0 Å². The molecule has 7 heteroatoms. The molecule has 5 nitrogen and oxygen atoms in total. The van der Waals surface area contributed by atoms with E-state index in [1.807, 2.05) is 36.4 Å². The van der Waals surface area contributed by atoms with E-state index < -0.39 is 9.84 Å². The summed E-state index contributed by atoms with van der Waals surface area (Å²) in [5, 5.41) is 1.88. The quantitative estimate of drug-likeness (QED) is 0.677. The zero-order valence-electron chi connectivity index (χ0n) is 14.9. The molecule has 1 amide bonds. The van der Waals surface area contributed by atoms with E-state index in [9.17, 15) is 13.2 Å². The van der Waals surface area contributed by atoms with Gasteiger partial charge in [0.15, 0.2) is 9.84 Å². The van der Waals surface area contributed by atoms with Crippen LogP contribution in [0.1, 0.15) is 26.2 Å². The van der Waals surface area contributed by atoms with Crippen LogP contribution in [-0.4, -0.2) is 54.1 Å². The molecule has 1 aromatic carbocycles. The molecule has 0 aliphatic carbocycles. The lowest BCUT2D eigenvalue weighted by molar-refractivity contribution is -0.130. The van der Waals surface area contributed by atoms with Gasteiger partial charge < -0.3 is 4.90 Å². The molecule has 3 rings (SSSR count). The average molecular weight is 393 g/mol. The van der Waals surface area contributed by atoms with Crippen molar-refractivity contribution in [2.75, 3.05) is 23.8 Å². The second-order valence-corrected chi connectivity index (χ2v) is 9.85. The number of para-hydroxylation sites is 1. The molecule has 0 radical (unpaired) electrons. The van der Waals surface area contributed by atoms with Gasteiger partial charge in [0.05, 0.1) is 27.8 Å². The SMILES string of the molecule is CCCCN(C(=O)CSc1ccc2ccccc2n1)C1CCS(=O)(=O)C1. The second-order valence-electron chi connectivity index (χ2n) is 6.63. The van der Waals surface area contributed by atoms with Gasteiger partial charge in [-0.3, -0.25) is 4.79 Å². The molecule has 1 saturated heterocycles. The normalized spacial score (nSPS) is 18.9. The van der Waals surface area contributed by atoms with Crippen molar-refractivity contribution in [3.05, 3.63) is 36.4 Å². The van der Waals surface area contributed by atoms with Crippen molar-refractivity contribution < 1.29 is 13.2 Å². The molecular weight excluding hydrogens is 368 g/mol. The van der Waals surface area contributed by atoms with Crippen LogP contribution >= 0.6 is 11.8 Å². The summed E-state index contributed by atoms with van der Waals surface area (Å²) in [6, 6.07) is 11.6. The van der Waals surface area contributed by atoms with E-state index in [0.717, 1.165) is 28.8 Å². The summed E-state index contributed by atoms with van der Waals surface area (Å²) in [7, 11) is -3.00. The lowest BCUT2D eigenvalue weighted by Gasteiger charge is -2.28. The lowest BCUT2D eigenvalue weighted by atomic mass is 10.2. The smallest absolute Gasteiger partial charge is 0.233 e. The van der Waals surface area contributed by atoms with Crippen LogP contribution in [0.2, 0.25) is 0 Å². The van der Waals surface area contributed by atoms with Crippen LogP contribution in [0.3, 0.4) is 0 Å². The Morgan fingerprint density at radius 1 is 1.27 bits per heavy atom. The van der Waals surface area contributed by atoms with Gasteiger partial charge in [-0.1, -0.05) is 49.4 Å². The fourth-order valence-electron chi connectivity index (χ4n) is 3.21. The van der Waals surface area contributed by atoms with Gasteiger partial charge in [-0.2, -0.15) is 0 Å². The number of thioether (sulfide) groups is 1. The number of pyridine rings is 1. The summed E-state index contributed by atoms with van der Waals surface area (Å²) in [4.78, 5) is 19.1. The van der Waals surface area contributed by atoms with Crippen molar-refractivity contribution in [1.29, 1.82) is 0 Å². The highest BCUT2D eigenvalue weighted by atomic mass is 32.2. The molecular formula is C19H24N2O3S2. The van der Waals surface area contributed by atoms with E-state index in [2.05, 4.69) is 11.9 Å². The Hall–Kier alpha value is -1.60. The number of carbonyl (C=O) groups is 1. The van der Waals surface area contributed by atoms with Gasteiger partial charge in [-0.25, -0.2) is 13.4 Å². The fraction of sp³-hybridized carbons (Fsp3) is 0.474. The van der Waals surface area contributed by atoms with E-state index in [1.54, 1.807) is 4.90 Å². The molecule has 0 spiro atoms. The molecule has 1 aromatic heterocycles. The van der Waals surface area contributed by atoms with Crippen molar-refractivity contribution in [3.63, 3.8) is 0 Å². The van der Waals surface area contributed by atoms with Crippen LogP contribution in [0.4, 0.5) is 0 Å². The molecule has 0 saturated carbocycles. The molecule has 1 atom stereocenters. The molecule has 0 bridgehead atoms. The Morgan fingerprint density at radius 3 is 2.81 bits per heavy atom. The van der Waals surface area contributed by atoms with Crippen molar-refractivity contribution >= 4 is 38.4 Å². The third kappa shape index (κ3) is 4.76. The third-order valence-corrected chi connectivity index (χ3v) is 7.30. The molecule has 2 heterocycles. The van der Waals surface area contributed by atoms with Crippen LogP contribution in [0, 0.1) is 0 Å². The molecule has 26 heavy (non-hydrogen) atoms. The molecule has 1 unspecified atom stereocenters. The Bertz CT molecular complexity index is 883. The highest BCUT2D eigenvalue weighted by Gasteiger charge is 2.34. The highest BCUT2D eigenvalue weighted by molar-refractivity contribution is 7.99. The standard InChI is InChI=1S/C19H24N2O3S2/c1-2-3-11-21(16-10-12-26(23,24)14-16)19(22)13-25-18-9-8-15-6-4-5-7-17(15)20-18/h4-9,16H,2-3,10-14H2,1H3. The predicted octanol–water partition coefficient (Wildman–Crippen LogP) is 3.14. The Kier molecular flexibility index (Phi) is 6.19. The second kappa shape index (κ2) is 8.39. The minimum atomic E-state index is -3.00. The molecule has 0 N–H and O–H groups in total. The maximum Gasteiger partial charge on any atom is 0.233 e. The largest absolute Gasteiger partial charge is 0.338 e. The first kappa shape index (κ1) is 19.2. The summed E-state index contributed by atoms with van der Waals surface area (Å²) < 4.78 is 23.6. The number of rotatable bonds is 7. The van der Waals surface area contributed by atoms with E-state index >= 15 is 0 Å². The molecule has 1 fully saturated rings. The zero-order chi connectivity index (χ0) is 18.6. The summed E-state index contributed by atoms with van der Waals surface area (Å²) >= 11 is 1.41. The third-order valence-electron chi connectivity index (χ3n) is 4.64. The highest BCUT2D eigenvalue weighted by Crippen LogP contribution is 2.23. The minimum absolute atomic E-state index is 0.000471. The van der Waals surface area contributed by atoms with Crippen molar-refractivity contribution in [3.8, 4) is 0 Å². The fourth-order valence-corrected chi connectivity index (χ4v) is 5.70. The Balaban J connectivity index is 1.66. The summed E-state index contributed by atoms with van der Waals surface area (Å²) in [5.74, 6) is 0.570. The van der Waals surface area contributed by atoms with E-state index in [1.165, 1.54) is 11.8 Å². The first-order chi connectivity index (χ1) is 12.5. The van der Waals surface area contributed by atoms with Gasteiger partial charge in [0, 0.05) is 18.0 Å². The van der Waals surface area contributed by atoms with Crippen LogP contribution < -0.4 is 0 Å². The number of sulfone groups is 1. The number of hydrogen-bond acceptors (Lipinski definition) is 5. The number of unbranched alkanes of at least 4 members (excludes halogenated alkanes) is 1. The Labute approximate surface area is 159 Å². The number of amides is 1. The van der Waals surface area contributed by atoms with Crippen LogP contribution in [0.25, 0.3) is 10.9 Å². The number of fused-ring (bicyclic) bond motifs is 1. The first-order valence-corrected chi connectivity index (χ1v) is 11.8. The lowest BCUT2D eigenvalue weighted by Crippen LogP contribution is -2.42. The summed E-state index contributed by atoms with van der Waals surface area (Å²) in [6.07, 6.45) is 2.42. The van der Waals surface area contributed by atoms with Gasteiger partial charge in [0.2, 0.25) is 5.91 Å². The Morgan fingerprint density at radius 2 is 2.08 bits per heavy atom. The van der Waals surface area contributed by atoms with Gasteiger partial charge in [0.1, 0.15) is 0 Å². The molecule has 1 aliphatic heterocycles. The molecule has 140 valence electrons. The molecule has 2 aromatic rings. The number of nitrogens with zero attached hydrogens (tertiary/aromatic N) is 2. The van der Waals surface area contributed by atoms with Gasteiger partial charge in [-0.15, -0.1) is 0 Å². The minimum Gasteiger partial charge on any atom is -0.338 e. The number of hydrogen-bond donors (Lipinski definition) is 0. The maximum atomic E-state index is 12.8. The monoisotopic (exact) mass is 392 g/mol. The van der Waals surface area contributed by atoms with E-state index in [0.29, 0.717) is 13.0 Å². The topological polar surface area (TPSA) is 67.3 Å². The summed E-state index contributed by atoms with van der Waals surface area (Å²) in [6.45, 7) is 2.70. The maximum absolute atomic E-state index is 12.8. The average Bonchev–Trinajstić information content (AvgIpc) is 2.99. The van der Waals surface area contributed by atoms with E-state index in [4.69, 9.17) is 0 Å². The number of benzene rings is 1. The van der Waals surface area contributed by atoms with Crippen molar-refractivity contribution in [2.24, 2.45) is 0 Å². The molecule has 1 aliphatic rings. The van der Waals surface area contributed by atoms with Gasteiger partial charge >= 0.3 is 0 Å². The zero-order valence-corrected chi connectivity index (χ0v) is 16.6. The van der Waals surface area contributed by atoms with E-state index in [-0.39, 0.29) is 29.2 Å². The van der Waals surface area contributed by atoms with Gasteiger partial charge in [0.25, 0.3) is 0 Å². The van der Waals surface area contributed by atoms with Crippen molar-refractivity contribution in [1.82, 2.24) is 9.88 Å². The predicted molar refractivity (Wildman–Crippen MR) is 106 cm³/mol. The van der Waals surface area contributed by atoms with Crippen LogP contribution in [0.15, 0.2) is 41.4 Å². The first-order valence-electron chi connectivity index (χ1n) is 8.97.